The molecule has 1 N–H and O–H groups in total. The Bertz CT molecular complexity index is 572. The van der Waals surface area contributed by atoms with Gasteiger partial charge in [-0.1, -0.05) is 19.1 Å². The van der Waals surface area contributed by atoms with E-state index in [1.165, 1.54) is 24.3 Å². The highest BCUT2D eigenvalue weighted by atomic mass is 19.1. The third-order valence-electron chi connectivity index (χ3n) is 3.01. The first-order valence-electron chi connectivity index (χ1n) is 6.17. The molecule has 0 radical (unpaired) electrons. The lowest BCUT2D eigenvalue weighted by atomic mass is 10.0. The highest BCUT2D eigenvalue weighted by molar-refractivity contribution is 5.48. The molecule has 0 aliphatic carbocycles. The normalized spacial score (nSPS) is 12.2. The molecule has 1 atom stereocenters. The van der Waals surface area contributed by atoms with Gasteiger partial charge in [0.25, 0.3) is 0 Å². The molecule has 20 heavy (non-hydrogen) atoms. The summed E-state index contributed by atoms with van der Waals surface area (Å²) in [6.07, 6.45) is 0.530. The van der Waals surface area contributed by atoms with Crippen LogP contribution in [0.2, 0.25) is 0 Å². The first-order chi connectivity index (χ1) is 9.51. The van der Waals surface area contributed by atoms with E-state index in [2.05, 4.69) is 5.32 Å². The average molecular weight is 283 g/mol. The van der Waals surface area contributed by atoms with Gasteiger partial charge in [-0.2, -0.15) is 0 Å². The molecule has 0 saturated carbocycles. The minimum atomic E-state index is -0.997. The molecule has 2 aromatic rings. The van der Waals surface area contributed by atoms with Gasteiger partial charge in [0.05, 0.1) is 6.04 Å². The van der Waals surface area contributed by atoms with Crippen molar-refractivity contribution in [1.29, 1.82) is 0 Å². The summed E-state index contributed by atoms with van der Waals surface area (Å²) in [5.41, 5.74) is 0.305. The lowest BCUT2D eigenvalue weighted by Gasteiger charge is -2.19. The van der Waals surface area contributed by atoms with E-state index in [1.54, 1.807) is 0 Å². The van der Waals surface area contributed by atoms with Crippen LogP contribution < -0.4 is 5.32 Å². The molecule has 2 rings (SSSR count). The molecule has 0 aliphatic rings. The number of halogens is 4. The van der Waals surface area contributed by atoms with Crippen LogP contribution in [-0.2, 0) is 0 Å². The van der Waals surface area contributed by atoms with Gasteiger partial charge in [0.1, 0.15) is 17.3 Å². The number of rotatable bonds is 4. The lowest BCUT2D eigenvalue weighted by molar-refractivity contribution is 0.543. The second kappa shape index (κ2) is 5.94. The average Bonchev–Trinajstić information content (AvgIpc) is 2.39. The van der Waals surface area contributed by atoms with Crippen LogP contribution in [-0.4, -0.2) is 0 Å². The molecule has 0 amide bonds. The van der Waals surface area contributed by atoms with Crippen LogP contribution in [0.3, 0.4) is 0 Å². The van der Waals surface area contributed by atoms with E-state index in [9.17, 15) is 17.6 Å². The van der Waals surface area contributed by atoms with Gasteiger partial charge in [-0.25, -0.2) is 17.6 Å². The maximum Gasteiger partial charge on any atom is 0.152 e. The molecule has 0 bridgehead atoms. The summed E-state index contributed by atoms with van der Waals surface area (Å²) in [6.45, 7) is 1.82. The molecule has 0 fully saturated rings. The van der Waals surface area contributed by atoms with Crippen LogP contribution in [0.25, 0.3) is 0 Å². The standard InChI is InChI=1S/C15H13F4N/c1-2-14(9-3-5-10(16)6-4-9)20-15-12(18)7-11(17)8-13(15)19/h3-8,14,20H,2H2,1H3. The van der Waals surface area contributed by atoms with Crippen LogP contribution in [0.15, 0.2) is 36.4 Å². The maximum atomic E-state index is 13.6. The van der Waals surface area contributed by atoms with Crippen molar-refractivity contribution in [2.45, 2.75) is 19.4 Å². The topological polar surface area (TPSA) is 12.0 Å². The van der Waals surface area contributed by atoms with E-state index in [-0.39, 0.29) is 11.5 Å². The number of nitrogens with one attached hydrogen (secondary N) is 1. The van der Waals surface area contributed by atoms with E-state index in [0.29, 0.717) is 24.1 Å². The van der Waals surface area contributed by atoms with E-state index >= 15 is 0 Å². The first kappa shape index (κ1) is 14.4. The summed E-state index contributed by atoms with van der Waals surface area (Å²) in [6, 6.07) is 6.45. The smallest absolute Gasteiger partial charge is 0.152 e. The van der Waals surface area contributed by atoms with Crippen molar-refractivity contribution in [2.75, 3.05) is 5.32 Å². The van der Waals surface area contributed by atoms with Crippen LogP contribution in [0.4, 0.5) is 23.2 Å². The third-order valence-corrected chi connectivity index (χ3v) is 3.01. The van der Waals surface area contributed by atoms with Crippen molar-refractivity contribution >= 4 is 5.69 Å². The Kier molecular flexibility index (Phi) is 4.27. The number of benzene rings is 2. The molecule has 2 aromatic carbocycles. The van der Waals surface area contributed by atoms with E-state index < -0.39 is 23.5 Å². The Morgan fingerprint density at radius 1 is 0.900 bits per heavy atom. The molecule has 0 spiro atoms. The van der Waals surface area contributed by atoms with Crippen molar-refractivity contribution < 1.29 is 17.6 Å². The Morgan fingerprint density at radius 2 is 1.45 bits per heavy atom. The van der Waals surface area contributed by atoms with Gasteiger partial charge < -0.3 is 5.32 Å². The van der Waals surface area contributed by atoms with Gasteiger partial charge >= 0.3 is 0 Å². The molecule has 106 valence electrons. The highest BCUT2D eigenvalue weighted by Gasteiger charge is 2.16. The predicted molar refractivity (Wildman–Crippen MR) is 69.4 cm³/mol. The van der Waals surface area contributed by atoms with Crippen molar-refractivity contribution in [3.8, 4) is 0 Å². The summed E-state index contributed by atoms with van der Waals surface area (Å²) in [7, 11) is 0. The summed E-state index contributed by atoms with van der Waals surface area (Å²) < 4.78 is 52.9. The summed E-state index contributed by atoms with van der Waals surface area (Å²) >= 11 is 0. The molecule has 1 nitrogen and oxygen atoms in total. The summed E-state index contributed by atoms with van der Waals surface area (Å²) in [4.78, 5) is 0. The minimum Gasteiger partial charge on any atom is -0.373 e. The zero-order valence-corrected chi connectivity index (χ0v) is 10.8. The predicted octanol–water partition coefficient (Wildman–Crippen LogP) is 4.81. The van der Waals surface area contributed by atoms with Gasteiger partial charge in [0, 0.05) is 12.1 Å². The summed E-state index contributed by atoms with van der Waals surface area (Å²) in [5.74, 6) is -3.35. The lowest BCUT2D eigenvalue weighted by Crippen LogP contribution is -2.12. The molecule has 0 aliphatic heterocycles. The number of hydrogen-bond donors (Lipinski definition) is 1. The third kappa shape index (κ3) is 3.10. The van der Waals surface area contributed by atoms with Gasteiger partial charge in [-0.3, -0.25) is 0 Å². The second-order valence-electron chi connectivity index (χ2n) is 4.40. The second-order valence-corrected chi connectivity index (χ2v) is 4.40. The van der Waals surface area contributed by atoms with Crippen LogP contribution in [0.1, 0.15) is 24.9 Å². The Morgan fingerprint density at radius 3 is 1.95 bits per heavy atom. The van der Waals surface area contributed by atoms with Crippen LogP contribution in [0.5, 0.6) is 0 Å². The molecule has 0 heterocycles. The molecule has 0 saturated heterocycles. The quantitative estimate of drug-likeness (QED) is 0.794. The monoisotopic (exact) mass is 283 g/mol. The van der Waals surface area contributed by atoms with E-state index in [1.807, 2.05) is 6.92 Å². The minimum absolute atomic E-state index is 0.386. The Balaban J connectivity index is 2.29. The maximum absolute atomic E-state index is 13.6. The number of hydrogen-bond acceptors (Lipinski definition) is 1. The Hall–Kier alpha value is -2.04. The fourth-order valence-electron chi connectivity index (χ4n) is 1.97. The van der Waals surface area contributed by atoms with Crippen LogP contribution >= 0.6 is 0 Å². The zero-order valence-electron chi connectivity index (χ0n) is 10.8. The summed E-state index contributed by atoms with van der Waals surface area (Å²) in [5, 5.41) is 2.69. The first-order valence-corrected chi connectivity index (χ1v) is 6.17. The molecule has 0 aromatic heterocycles. The van der Waals surface area contributed by atoms with E-state index in [4.69, 9.17) is 0 Å². The van der Waals surface area contributed by atoms with Crippen molar-refractivity contribution in [3.05, 3.63) is 65.2 Å². The fourth-order valence-corrected chi connectivity index (χ4v) is 1.97. The molecular weight excluding hydrogens is 270 g/mol. The van der Waals surface area contributed by atoms with Crippen LogP contribution in [0, 0.1) is 23.3 Å². The van der Waals surface area contributed by atoms with E-state index in [0.717, 1.165) is 0 Å². The van der Waals surface area contributed by atoms with Gasteiger partial charge in [0.2, 0.25) is 0 Å². The molecular formula is C15H13F4N. The van der Waals surface area contributed by atoms with Crippen molar-refractivity contribution in [3.63, 3.8) is 0 Å². The number of anilines is 1. The Labute approximate surface area is 114 Å². The van der Waals surface area contributed by atoms with Gasteiger partial charge in [-0.05, 0) is 24.1 Å². The van der Waals surface area contributed by atoms with Gasteiger partial charge in [-0.15, -0.1) is 0 Å². The highest BCUT2D eigenvalue weighted by Crippen LogP contribution is 2.27. The SMILES string of the molecule is CCC(Nc1c(F)cc(F)cc1F)c1ccc(F)cc1. The largest absolute Gasteiger partial charge is 0.373 e. The fraction of sp³-hybridized carbons (Fsp3) is 0.200. The van der Waals surface area contributed by atoms with Gasteiger partial charge in [0.15, 0.2) is 11.6 Å². The molecule has 5 heteroatoms. The van der Waals surface area contributed by atoms with Crippen molar-refractivity contribution in [2.24, 2.45) is 0 Å². The zero-order chi connectivity index (χ0) is 14.7. The van der Waals surface area contributed by atoms with Crippen molar-refractivity contribution in [1.82, 2.24) is 0 Å². The molecule has 1 unspecified atom stereocenters.